The topological polar surface area (TPSA) is 79.0 Å². The maximum atomic E-state index is 11.0. The third-order valence-corrected chi connectivity index (χ3v) is 2.83. The molecule has 0 amide bonds. The lowest BCUT2D eigenvalue weighted by Crippen LogP contribution is -2.19. The molecular weight excluding hydrogens is 230 g/mol. The number of hydrogen-bond donors (Lipinski definition) is 1. The van der Waals surface area contributed by atoms with Gasteiger partial charge in [0.2, 0.25) is 0 Å². The van der Waals surface area contributed by atoms with Crippen LogP contribution in [-0.2, 0) is 0 Å². The van der Waals surface area contributed by atoms with E-state index >= 15 is 0 Å². The fourth-order valence-electron chi connectivity index (χ4n) is 1.89. The molecular formula is C13H17N3O2. The van der Waals surface area contributed by atoms with E-state index in [0.29, 0.717) is 5.69 Å². The Kier molecular flexibility index (Phi) is 5.12. The number of nitro groups is 1. The van der Waals surface area contributed by atoms with Crippen LogP contribution >= 0.6 is 0 Å². The number of nitrogens with one attached hydrogen (secondary N) is 1. The van der Waals surface area contributed by atoms with Gasteiger partial charge in [-0.05, 0) is 25.0 Å². The van der Waals surface area contributed by atoms with E-state index in [2.05, 4.69) is 12.2 Å². The van der Waals surface area contributed by atoms with Gasteiger partial charge in [-0.2, -0.15) is 5.26 Å². The van der Waals surface area contributed by atoms with E-state index in [1.54, 1.807) is 12.1 Å². The highest BCUT2D eigenvalue weighted by molar-refractivity contribution is 5.68. The maximum Gasteiger partial charge on any atom is 0.309 e. The van der Waals surface area contributed by atoms with Crippen molar-refractivity contribution >= 4 is 11.4 Å². The molecule has 18 heavy (non-hydrogen) atoms. The zero-order valence-electron chi connectivity index (χ0n) is 10.6. The summed E-state index contributed by atoms with van der Waals surface area (Å²) in [6, 6.07) is 6.83. The maximum absolute atomic E-state index is 11.0. The van der Waals surface area contributed by atoms with Crippen LogP contribution in [-0.4, -0.2) is 11.0 Å². The minimum atomic E-state index is -0.500. The number of nitro benzene ring substituents is 1. The highest BCUT2D eigenvalue weighted by atomic mass is 16.6. The molecule has 0 spiro atoms. The van der Waals surface area contributed by atoms with Crippen LogP contribution in [0.2, 0.25) is 0 Å². The molecule has 5 nitrogen and oxygen atoms in total. The summed E-state index contributed by atoms with van der Waals surface area (Å²) >= 11 is 0. The van der Waals surface area contributed by atoms with Crippen LogP contribution < -0.4 is 5.32 Å². The zero-order valence-corrected chi connectivity index (χ0v) is 10.6. The summed E-state index contributed by atoms with van der Waals surface area (Å²) in [5.41, 5.74) is 0.394. The summed E-state index contributed by atoms with van der Waals surface area (Å²) in [5, 5.41) is 23.1. The standard InChI is InChI=1S/C13H17N3O2/c1-3-6-11(4-2)15-12-8-5-7-10(9-14)13(12)16(17)18/h5,7-8,11,15H,3-4,6H2,1-2H3. The van der Waals surface area contributed by atoms with Crippen LogP contribution in [0.15, 0.2) is 18.2 Å². The van der Waals surface area contributed by atoms with Crippen molar-refractivity contribution in [2.24, 2.45) is 0 Å². The van der Waals surface area contributed by atoms with Gasteiger partial charge < -0.3 is 5.32 Å². The Balaban J connectivity index is 3.08. The van der Waals surface area contributed by atoms with E-state index < -0.39 is 4.92 Å². The van der Waals surface area contributed by atoms with E-state index in [1.807, 2.05) is 13.0 Å². The van der Waals surface area contributed by atoms with Gasteiger partial charge in [-0.3, -0.25) is 10.1 Å². The molecule has 0 aliphatic heterocycles. The molecule has 0 aromatic heterocycles. The van der Waals surface area contributed by atoms with Gasteiger partial charge in [0.15, 0.2) is 0 Å². The van der Waals surface area contributed by atoms with Crippen LogP contribution in [0, 0.1) is 21.4 Å². The number of nitrogens with zero attached hydrogens (tertiary/aromatic N) is 2. The average molecular weight is 247 g/mol. The molecule has 1 aromatic rings. The molecule has 96 valence electrons. The molecule has 0 bridgehead atoms. The Morgan fingerprint density at radius 2 is 2.22 bits per heavy atom. The lowest BCUT2D eigenvalue weighted by atomic mass is 10.1. The predicted octanol–water partition coefficient (Wildman–Crippen LogP) is 3.46. The van der Waals surface area contributed by atoms with E-state index in [4.69, 9.17) is 5.26 Å². The van der Waals surface area contributed by atoms with Gasteiger partial charge in [0.25, 0.3) is 0 Å². The van der Waals surface area contributed by atoms with Crippen molar-refractivity contribution < 1.29 is 4.92 Å². The van der Waals surface area contributed by atoms with E-state index in [-0.39, 0.29) is 17.3 Å². The fraction of sp³-hybridized carbons (Fsp3) is 0.462. The van der Waals surface area contributed by atoms with Crippen LogP contribution in [0.4, 0.5) is 11.4 Å². The SMILES string of the molecule is CCCC(CC)Nc1cccc(C#N)c1[N+](=O)[O-]. The summed E-state index contributed by atoms with van der Waals surface area (Å²) in [7, 11) is 0. The smallest absolute Gasteiger partial charge is 0.309 e. The lowest BCUT2D eigenvalue weighted by molar-refractivity contribution is -0.384. The number of benzene rings is 1. The molecule has 0 aliphatic carbocycles. The first kappa shape index (κ1) is 14.0. The van der Waals surface area contributed by atoms with Gasteiger partial charge in [0.05, 0.1) is 4.92 Å². The second kappa shape index (κ2) is 6.60. The molecule has 0 radical (unpaired) electrons. The minimum Gasteiger partial charge on any atom is -0.377 e. The normalized spacial score (nSPS) is 11.6. The first-order chi connectivity index (χ1) is 8.63. The summed E-state index contributed by atoms with van der Waals surface area (Å²) < 4.78 is 0. The Bertz CT molecular complexity index is 466. The highest BCUT2D eigenvalue weighted by Crippen LogP contribution is 2.29. The van der Waals surface area contributed by atoms with E-state index in [0.717, 1.165) is 19.3 Å². The third kappa shape index (κ3) is 3.20. The van der Waals surface area contributed by atoms with Crippen molar-refractivity contribution in [3.63, 3.8) is 0 Å². The molecule has 1 rings (SSSR count). The lowest BCUT2D eigenvalue weighted by Gasteiger charge is -2.17. The Morgan fingerprint density at radius 3 is 2.72 bits per heavy atom. The second-order valence-corrected chi connectivity index (χ2v) is 4.11. The van der Waals surface area contributed by atoms with Gasteiger partial charge in [0.1, 0.15) is 17.3 Å². The molecule has 0 saturated heterocycles. The minimum absolute atomic E-state index is 0.0938. The summed E-state index contributed by atoms with van der Waals surface area (Å²) in [6.07, 6.45) is 2.85. The summed E-state index contributed by atoms with van der Waals surface area (Å²) in [6.45, 7) is 4.11. The summed E-state index contributed by atoms with van der Waals surface area (Å²) in [5.74, 6) is 0. The number of rotatable bonds is 6. The Hall–Kier alpha value is -2.09. The quantitative estimate of drug-likeness (QED) is 0.616. The van der Waals surface area contributed by atoms with Crippen LogP contribution in [0.1, 0.15) is 38.7 Å². The first-order valence-corrected chi connectivity index (χ1v) is 6.08. The molecule has 1 unspecified atom stereocenters. The molecule has 0 aliphatic rings. The average Bonchev–Trinajstić information content (AvgIpc) is 2.37. The molecule has 0 fully saturated rings. The number of hydrogen-bond acceptors (Lipinski definition) is 4. The van der Waals surface area contributed by atoms with Crippen molar-refractivity contribution in [2.75, 3.05) is 5.32 Å². The molecule has 1 N–H and O–H groups in total. The van der Waals surface area contributed by atoms with Crippen LogP contribution in [0.5, 0.6) is 0 Å². The Morgan fingerprint density at radius 1 is 1.50 bits per heavy atom. The number of nitriles is 1. The van der Waals surface area contributed by atoms with Gasteiger partial charge in [0, 0.05) is 6.04 Å². The first-order valence-electron chi connectivity index (χ1n) is 6.08. The monoisotopic (exact) mass is 247 g/mol. The summed E-state index contributed by atoms with van der Waals surface area (Å²) in [4.78, 5) is 10.5. The predicted molar refractivity (Wildman–Crippen MR) is 70.4 cm³/mol. The number of para-hydroxylation sites is 1. The van der Waals surface area contributed by atoms with Crippen molar-refractivity contribution in [3.05, 3.63) is 33.9 Å². The molecule has 0 saturated carbocycles. The zero-order chi connectivity index (χ0) is 13.5. The molecule has 0 heterocycles. The van der Waals surface area contributed by atoms with Crippen LogP contribution in [0.25, 0.3) is 0 Å². The Labute approximate surface area is 107 Å². The van der Waals surface area contributed by atoms with Gasteiger partial charge in [-0.1, -0.05) is 26.3 Å². The van der Waals surface area contributed by atoms with Gasteiger partial charge in [-0.25, -0.2) is 0 Å². The molecule has 1 aromatic carbocycles. The molecule has 5 heteroatoms. The van der Waals surface area contributed by atoms with Gasteiger partial charge >= 0.3 is 5.69 Å². The van der Waals surface area contributed by atoms with Gasteiger partial charge in [-0.15, -0.1) is 0 Å². The van der Waals surface area contributed by atoms with Crippen molar-refractivity contribution in [1.82, 2.24) is 0 Å². The highest BCUT2D eigenvalue weighted by Gasteiger charge is 2.20. The molecule has 1 atom stereocenters. The number of anilines is 1. The van der Waals surface area contributed by atoms with Crippen molar-refractivity contribution in [3.8, 4) is 6.07 Å². The van der Waals surface area contributed by atoms with Crippen LogP contribution in [0.3, 0.4) is 0 Å². The van der Waals surface area contributed by atoms with Crippen molar-refractivity contribution in [2.45, 2.75) is 39.2 Å². The second-order valence-electron chi connectivity index (χ2n) is 4.11. The third-order valence-electron chi connectivity index (χ3n) is 2.83. The largest absolute Gasteiger partial charge is 0.377 e. The van der Waals surface area contributed by atoms with E-state index in [1.165, 1.54) is 6.07 Å². The fourth-order valence-corrected chi connectivity index (χ4v) is 1.89. The van der Waals surface area contributed by atoms with E-state index in [9.17, 15) is 10.1 Å². The van der Waals surface area contributed by atoms with Crippen molar-refractivity contribution in [1.29, 1.82) is 5.26 Å².